The van der Waals surface area contributed by atoms with Gasteiger partial charge in [0.05, 0.1) is 11.5 Å². The van der Waals surface area contributed by atoms with Crippen LogP contribution in [-0.4, -0.2) is 18.4 Å². The Kier molecular flexibility index (Phi) is 4.60. The Balaban J connectivity index is 1.39. The van der Waals surface area contributed by atoms with Gasteiger partial charge < -0.3 is 4.74 Å². The number of thiophene rings is 1. The standard InChI is InChI=1S/C20H15FN2O3S/c21-15-4-1-12(2-5-15)17-7-8-18(27-17)20(25)23-22-19(24)14-3-6-16-13(11-14)9-10-26-16/h1-8,11H,9-10H2,(H,22,24)(H,23,25). The molecular weight excluding hydrogens is 367 g/mol. The fourth-order valence-corrected chi connectivity index (χ4v) is 3.71. The Morgan fingerprint density at radius 2 is 1.74 bits per heavy atom. The number of rotatable bonds is 3. The van der Waals surface area contributed by atoms with Crippen molar-refractivity contribution in [2.45, 2.75) is 6.42 Å². The molecule has 2 N–H and O–H groups in total. The first-order valence-electron chi connectivity index (χ1n) is 8.32. The molecule has 0 atom stereocenters. The highest BCUT2D eigenvalue weighted by Gasteiger charge is 2.16. The third kappa shape index (κ3) is 3.68. The van der Waals surface area contributed by atoms with Crippen molar-refractivity contribution in [3.8, 4) is 16.2 Å². The highest BCUT2D eigenvalue weighted by molar-refractivity contribution is 7.17. The molecule has 2 aromatic carbocycles. The number of hydrogen-bond acceptors (Lipinski definition) is 4. The van der Waals surface area contributed by atoms with Gasteiger partial charge in [-0.15, -0.1) is 11.3 Å². The van der Waals surface area contributed by atoms with E-state index < -0.39 is 11.8 Å². The van der Waals surface area contributed by atoms with Crippen LogP contribution in [-0.2, 0) is 6.42 Å². The third-order valence-corrected chi connectivity index (χ3v) is 5.33. The number of halogens is 1. The second kappa shape index (κ2) is 7.20. The van der Waals surface area contributed by atoms with E-state index in [1.807, 2.05) is 0 Å². The smallest absolute Gasteiger partial charge is 0.279 e. The lowest BCUT2D eigenvalue weighted by Crippen LogP contribution is -2.41. The van der Waals surface area contributed by atoms with Crippen LogP contribution in [0.3, 0.4) is 0 Å². The Hall–Kier alpha value is -3.19. The molecular formula is C20H15FN2O3S. The van der Waals surface area contributed by atoms with Crippen LogP contribution in [0.15, 0.2) is 54.6 Å². The number of benzene rings is 2. The van der Waals surface area contributed by atoms with E-state index in [0.29, 0.717) is 17.0 Å². The molecule has 5 nitrogen and oxygen atoms in total. The SMILES string of the molecule is O=C(NNC(=O)c1ccc(-c2ccc(F)cc2)s1)c1ccc2c(c1)CCO2. The summed E-state index contributed by atoms with van der Waals surface area (Å²) in [5.41, 5.74) is 7.10. The van der Waals surface area contributed by atoms with E-state index in [0.717, 1.165) is 28.2 Å². The largest absolute Gasteiger partial charge is 0.493 e. The minimum atomic E-state index is -0.411. The van der Waals surface area contributed by atoms with Crippen molar-refractivity contribution < 1.29 is 18.7 Å². The molecule has 1 aliphatic heterocycles. The number of ether oxygens (including phenoxy) is 1. The molecule has 27 heavy (non-hydrogen) atoms. The maximum Gasteiger partial charge on any atom is 0.279 e. The van der Waals surface area contributed by atoms with Crippen LogP contribution in [0.5, 0.6) is 5.75 Å². The summed E-state index contributed by atoms with van der Waals surface area (Å²) >= 11 is 1.26. The van der Waals surface area contributed by atoms with Crippen LogP contribution in [0.4, 0.5) is 4.39 Å². The number of carbonyl (C=O) groups is 2. The highest BCUT2D eigenvalue weighted by atomic mass is 32.1. The van der Waals surface area contributed by atoms with Gasteiger partial charge in [0.2, 0.25) is 0 Å². The van der Waals surface area contributed by atoms with E-state index in [1.165, 1.54) is 23.5 Å². The topological polar surface area (TPSA) is 67.4 Å². The van der Waals surface area contributed by atoms with Crippen LogP contribution in [0.2, 0.25) is 0 Å². The van der Waals surface area contributed by atoms with Crippen molar-refractivity contribution in [3.63, 3.8) is 0 Å². The summed E-state index contributed by atoms with van der Waals surface area (Å²) in [7, 11) is 0. The molecule has 3 aromatic rings. The monoisotopic (exact) mass is 382 g/mol. The Morgan fingerprint density at radius 1 is 0.963 bits per heavy atom. The molecule has 0 bridgehead atoms. The van der Waals surface area contributed by atoms with Crippen LogP contribution in [0, 0.1) is 5.82 Å². The zero-order chi connectivity index (χ0) is 18.8. The number of hydrazine groups is 1. The van der Waals surface area contributed by atoms with Crippen LogP contribution in [0.25, 0.3) is 10.4 Å². The molecule has 7 heteroatoms. The van der Waals surface area contributed by atoms with Crippen LogP contribution >= 0.6 is 11.3 Å². The number of hydrogen-bond donors (Lipinski definition) is 2. The molecule has 0 saturated carbocycles. The van der Waals surface area contributed by atoms with Gasteiger partial charge in [0, 0.05) is 16.9 Å². The maximum atomic E-state index is 13.0. The lowest BCUT2D eigenvalue weighted by atomic mass is 10.1. The first-order chi connectivity index (χ1) is 13.1. The number of nitrogens with one attached hydrogen (secondary N) is 2. The predicted molar refractivity (Wildman–Crippen MR) is 100 cm³/mol. The van der Waals surface area contributed by atoms with E-state index >= 15 is 0 Å². The maximum absolute atomic E-state index is 13.0. The summed E-state index contributed by atoms with van der Waals surface area (Å²) in [6.07, 6.45) is 0.768. The first-order valence-corrected chi connectivity index (χ1v) is 9.14. The molecule has 0 spiro atoms. The summed E-state index contributed by atoms with van der Waals surface area (Å²) in [6.45, 7) is 0.617. The van der Waals surface area contributed by atoms with Gasteiger partial charge in [-0.1, -0.05) is 12.1 Å². The molecule has 0 unspecified atom stereocenters. The highest BCUT2D eigenvalue weighted by Crippen LogP contribution is 2.28. The van der Waals surface area contributed by atoms with E-state index in [-0.39, 0.29) is 5.82 Å². The zero-order valence-electron chi connectivity index (χ0n) is 14.1. The molecule has 0 fully saturated rings. The van der Waals surface area contributed by atoms with Gasteiger partial charge in [0.1, 0.15) is 11.6 Å². The van der Waals surface area contributed by atoms with Gasteiger partial charge in [-0.3, -0.25) is 20.4 Å². The number of amides is 2. The quantitative estimate of drug-likeness (QED) is 0.681. The van der Waals surface area contributed by atoms with Crippen molar-refractivity contribution in [3.05, 3.63) is 76.4 Å². The van der Waals surface area contributed by atoms with Crippen LogP contribution in [0.1, 0.15) is 25.6 Å². The van der Waals surface area contributed by atoms with E-state index in [9.17, 15) is 14.0 Å². The lowest BCUT2D eigenvalue weighted by molar-refractivity contribution is 0.0849. The molecule has 136 valence electrons. The molecule has 2 amide bonds. The van der Waals surface area contributed by atoms with Crippen molar-refractivity contribution in [1.82, 2.24) is 10.9 Å². The summed E-state index contributed by atoms with van der Waals surface area (Å²) in [4.78, 5) is 25.8. The fraction of sp³-hybridized carbons (Fsp3) is 0.100. The summed E-state index contributed by atoms with van der Waals surface area (Å²) in [5.74, 6) is -0.323. The van der Waals surface area contributed by atoms with Crippen molar-refractivity contribution >= 4 is 23.2 Å². The first kappa shape index (κ1) is 17.2. The third-order valence-electron chi connectivity index (χ3n) is 4.20. The Bertz CT molecular complexity index is 1010. The zero-order valence-corrected chi connectivity index (χ0v) is 14.9. The number of fused-ring (bicyclic) bond motifs is 1. The minimum absolute atomic E-state index is 0.311. The molecule has 0 saturated heterocycles. The van der Waals surface area contributed by atoms with Crippen molar-refractivity contribution in [1.29, 1.82) is 0 Å². The van der Waals surface area contributed by atoms with Crippen molar-refractivity contribution in [2.24, 2.45) is 0 Å². The van der Waals surface area contributed by atoms with Gasteiger partial charge in [0.25, 0.3) is 11.8 Å². The molecule has 2 heterocycles. The molecule has 0 aliphatic carbocycles. The fourth-order valence-electron chi connectivity index (χ4n) is 2.80. The Labute approximate surface area is 158 Å². The van der Waals surface area contributed by atoms with Gasteiger partial charge in [-0.2, -0.15) is 0 Å². The van der Waals surface area contributed by atoms with E-state index in [1.54, 1.807) is 42.5 Å². The Morgan fingerprint density at radius 3 is 2.56 bits per heavy atom. The minimum Gasteiger partial charge on any atom is -0.493 e. The average molecular weight is 382 g/mol. The average Bonchev–Trinajstić information content (AvgIpc) is 3.35. The summed E-state index contributed by atoms with van der Waals surface area (Å²) < 4.78 is 18.4. The number of carbonyl (C=O) groups excluding carboxylic acids is 2. The molecule has 0 radical (unpaired) electrons. The predicted octanol–water partition coefficient (Wildman–Crippen LogP) is 3.56. The lowest BCUT2D eigenvalue weighted by Gasteiger charge is -2.07. The second-order valence-corrected chi connectivity index (χ2v) is 7.08. The summed E-state index contributed by atoms with van der Waals surface area (Å²) in [6, 6.07) is 14.7. The van der Waals surface area contributed by atoms with Crippen molar-refractivity contribution in [2.75, 3.05) is 6.61 Å². The van der Waals surface area contributed by atoms with Gasteiger partial charge in [0.15, 0.2) is 0 Å². The summed E-state index contributed by atoms with van der Waals surface area (Å²) in [5, 5.41) is 0. The molecule has 1 aliphatic rings. The van der Waals surface area contributed by atoms with Gasteiger partial charge >= 0.3 is 0 Å². The normalized spacial score (nSPS) is 12.2. The molecule has 4 rings (SSSR count). The van der Waals surface area contributed by atoms with E-state index in [4.69, 9.17) is 4.74 Å². The van der Waals surface area contributed by atoms with E-state index in [2.05, 4.69) is 10.9 Å². The molecule has 1 aromatic heterocycles. The van der Waals surface area contributed by atoms with Crippen LogP contribution < -0.4 is 15.6 Å². The van der Waals surface area contributed by atoms with Gasteiger partial charge in [-0.05, 0) is 53.6 Å². The van der Waals surface area contributed by atoms with Gasteiger partial charge in [-0.25, -0.2) is 4.39 Å². The second-order valence-electron chi connectivity index (χ2n) is 6.00.